The minimum absolute atomic E-state index is 0.0340. The van der Waals surface area contributed by atoms with E-state index >= 15 is 0 Å². The third-order valence-corrected chi connectivity index (χ3v) is 2.35. The molecule has 0 aliphatic rings. The Bertz CT molecular complexity index is 455. The molecular formula is C14H18N2O. The molecule has 0 aliphatic carbocycles. The summed E-state index contributed by atoms with van der Waals surface area (Å²) in [6.07, 6.45) is 0.935. The van der Waals surface area contributed by atoms with Gasteiger partial charge in [0.25, 0.3) is 5.91 Å². The summed E-state index contributed by atoms with van der Waals surface area (Å²) in [4.78, 5) is 11.7. The second-order valence-corrected chi connectivity index (χ2v) is 3.79. The van der Waals surface area contributed by atoms with Gasteiger partial charge in [-0.1, -0.05) is 18.8 Å². The lowest BCUT2D eigenvalue weighted by molar-refractivity contribution is 0.0953. The highest BCUT2D eigenvalue weighted by Crippen LogP contribution is 2.10. The van der Waals surface area contributed by atoms with Crippen molar-refractivity contribution in [3.8, 4) is 11.8 Å². The zero-order valence-corrected chi connectivity index (χ0v) is 10.3. The van der Waals surface area contributed by atoms with Gasteiger partial charge in [0.2, 0.25) is 0 Å². The summed E-state index contributed by atoms with van der Waals surface area (Å²) in [6.45, 7) is 5.01. The zero-order valence-electron chi connectivity index (χ0n) is 10.3. The first-order valence-corrected chi connectivity index (χ1v) is 5.76. The number of amides is 1. The molecule has 3 nitrogen and oxygen atoms in total. The molecule has 1 aromatic carbocycles. The molecule has 0 radical (unpaired) electrons. The lowest BCUT2D eigenvalue weighted by Gasteiger charge is -2.05. The number of carbonyl (C=O) groups excluding carboxylic acids is 1. The Morgan fingerprint density at radius 2 is 2.24 bits per heavy atom. The van der Waals surface area contributed by atoms with Crippen molar-refractivity contribution in [2.24, 2.45) is 5.73 Å². The number of benzene rings is 1. The van der Waals surface area contributed by atoms with E-state index < -0.39 is 0 Å². The number of nitrogens with two attached hydrogens (primary N) is 1. The van der Waals surface area contributed by atoms with Gasteiger partial charge in [-0.15, -0.1) is 0 Å². The molecule has 0 aliphatic heterocycles. The number of carbonyl (C=O) groups is 1. The number of hydrogen-bond acceptors (Lipinski definition) is 2. The van der Waals surface area contributed by atoms with Gasteiger partial charge in [-0.3, -0.25) is 4.79 Å². The van der Waals surface area contributed by atoms with Crippen molar-refractivity contribution in [1.82, 2.24) is 5.32 Å². The largest absolute Gasteiger partial charge is 0.352 e. The molecule has 0 fully saturated rings. The third kappa shape index (κ3) is 3.93. The standard InChI is InChI=1S/C14H18N2O/c1-3-9-16-14(17)13-7-6-12(5-4-8-15)11(2)10-13/h6-7,10H,3,8-9,15H2,1-2H3,(H,16,17). The topological polar surface area (TPSA) is 55.1 Å². The maximum atomic E-state index is 11.7. The molecule has 0 atom stereocenters. The van der Waals surface area contributed by atoms with E-state index in [1.165, 1.54) is 0 Å². The molecule has 0 saturated carbocycles. The Balaban J connectivity index is 2.85. The molecule has 3 heteroatoms. The second kappa shape index (κ2) is 6.72. The summed E-state index contributed by atoms with van der Waals surface area (Å²) < 4.78 is 0. The lowest BCUT2D eigenvalue weighted by Crippen LogP contribution is -2.24. The highest BCUT2D eigenvalue weighted by atomic mass is 16.1. The highest BCUT2D eigenvalue weighted by Gasteiger charge is 2.05. The number of rotatable bonds is 3. The maximum Gasteiger partial charge on any atom is 0.251 e. The average Bonchev–Trinajstić information content (AvgIpc) is 2.34. The molecule has 0 bridgehead atoms. The Kier molecular flexibility index (Phi) is 5.25. The van der Waals surface area contributed by atoms with E-state index in [1.807, 2.05) is 26.0 Å². The summed E-state index contributed by atoms with van der Waals surface area (Å²) in [5.41, 5.74) is 7.91. The predicted octanol–water partition coefficient (Wildman–Crippen LogP) is 1.45. The van der Waals surface area contributed by atoms with Gasteiger partial charge in [0.1, 0.15) is 0 Å². The Morgan fingerprint density at radius 3 is 2.82 bits per heavy atom. The van der Waals surface area contributed by atoms with E-state index in [0.717, 1.165) is 17.5 Å². The van der Waals surface area contributed by atoms with Crippen LogP contribution in [-0.4, -0.2) is 19.0 Å². The third-order valence-electron chi connectivity index (χ3n) is 2.35. The maximum absolute atomic E-state index is 11.7. The van der Waals surface area contributed by atoms with Crippen LogP contribution in [0.5, 0.6) is 0 Å². The van der Waals surface area contributed by atoms with E-state index in [4.69, 9.17) is 5.73 Å². The normalized spacial score (nSPS) is 9.35. The van der Waals surface area contributed by atoms with E-state index in [1.54, 1.807) is 6.07 Å². The Hall–Kier alpha value is -1.79. The molecule has 0 spiro atoms. The molecule has 1 aromatic rings. The molecule has 0 saturated heterocycles. The minimum atomic E-state index is -0.0340. The molecule has 1 amide bonds. The van der Waals surface area contributed by atoms with Gasteiger partial charge < -0.3 is 11.1 Å². The van der Waals surface area contributed by atoms with Crippen molar-refractivity contribution in [2.75, 3.05) is 13.1 Å². The summed E-state index contributed by atoms with van der Waals surface area (Å²) >= 11 is 0. The first-order valence-electron chi connectivity index (χ1n) is 5.76. The van der Waals surface area contributed by atoms with Crippen LogP contribution in [-0.2, 0) is 0 Å². The molecule has 1 rings (SSSR count). The van der Waals surface area contributed by atoms with Crippen LogP contribution >= 0.6 is 0 Å². The summed E-state index contributed by atoms with van der Waals surface area (Å²) in [6, 6.07) is 5.50. The van der Waals surface area contributed by atoms with Gasteiger partial charge in [-0.2, -0.15) is 0 Å². The SMILES string of the molecule is CCCNC(=O)c1ccc(C#CCN)c(C)c1. The van der Waals surface area contributed by atoms with Crippen LogP contribution in [0, 0.1) is 18.8 Å². The molecular weight excluding hydrogens is 212 g/mol. The van der Waals surface area contributed by atoms with Gasteiger partial charge in [0.05, 0.1) is 6.54 Å². The highest BCUT2D eigenvalue weighted by molar-refractivity contribution is 5.94. The fourth-order valence-electron chi connectivity index (χ4n) is 1.43. The Morgan fingerprint density at radius 1 is 1.47 bits per heavy atom. The van der Waals surface area contributed by atoms with E-state index in [0.29, 0.717) is 18.7 Å². The number of aryl methyl sites for hydroxylation is 1. The van der Waals surface area contributed by atoms with Crippen LogP contribution < -0.4 is 11.1 Å². The molecule has 0 unspecified atom stereocenters. The van der Waals surface area contributed by atoms with Gasteiger partial charge in [0, 0.05) is 17.7 Å². The quantitative estimate of drug-likeness (QED) is 0.772. The van der Waals surface area contributed by atoms with Crippen LogP contribution in [0.4, 0.5) is 0 Å². The van der Waals surface area contributed by atoms with Crippen molar-refractivity contribution >= 4 is 5.91 Å². The number of hydrogen-bond donors (Lipinski definition) is 2. The van der Waals surface area contributed by atoms with Crippen molar-refractivity contribution in [3.63, 3.8) is 0 Å². The van der Waals surface area contributed by atoms with E-state index in [2.05, 4.69) is 17.2 Å². The minimum Gasteiger partial charge on any atom is -0.352 e. The molecule has 0 aromatic heterocycles. The molecule has 0 heterocycles. The van der Waals surface area contributed by atoms with Crippen molar-refractivity contribution in [1.29, 1.82) is 0 Å². The van der Waals surface area contributed by atoms with E-state index in [9.17, 15) is 4.79 Å². The monoisotopic (exact) mass is 230 g/mol. The first kappa shape index (κ1) is 13.3. The summed E-state index contributed by atoms with van der Waals surface area (Å²) in [5, 5.41) is 2.84. The second-order valence-electron chi connectivity index (χ2n) is 3.79. The predicted molar refractivity (Wildman–Crippen MR) is 69.7 cm³/mol. The van der Waals surface area contributed by atoms with E-state index in [-0.39, 0.29) is 5.91 Å². The van der Waals surface area contributed by atoms with Crippen molar-refractivity contribution in [3.05, 3.63) is 34.9 Å². The summed E-state index contributed by atoms with van der Waals surface area (Å²) in [7, 11) is 0. The van der Waals surface area contributed by atoms with Crippen LogP contribution in [0.3, 0.4) is 0 Å². The van der Waals surface area contributed by atoms with Crippen LogP contribution in [0.1, 0.15) is 34.8 Å². The smallest absolute Gasteiger partial charge is 0.251 e. The fourth-order valence-corrected chi connectivity index (χ4v) is 1.43. The zero-order chi connectivity index (χ0) is 12.7. The van der Waals surface area contributed by atoms with Crippen molar-refractivity contribution < 1.29 is 4.79 Å². The lowest BCUT2D eigenvalue weighted by atomic mass is 10.0. The van der Waals surface area contributed by atoms with Crippen LogP contribution in [0.2, 0.25) is 0 Å². The van der Waals surface area contributed by atoms with Gasteiger partial charge in [0.15, 0.2) is 0 Å². The first-order chi connectivity index (χ1) is 8.19. The number of nitrogens with one attached hydrogen (secondary N) is 1. The molecule has 90 valence electrons. The molecule has 17 heavy (non-hydrogen) atoms. The van der Waals surface area contributed by atoms with Crippen LogP contribution in [0.15, 0.2) is 18.2 Å². The molecule has 3 N–H and O–H groups in total. The van der Waals surface area contributed by atoms with Gasteiger partial charge in [-0.05, 0) is 37.1 Å². The van der Waals surface area contributed by atoms with Gasteiger partial charge >= 0.3 is 0 Å². The Labute approximate surface area is 102 Å². The van der Waals surface area contributed by atoms with Crippen molar-refractivity contribution in [2.45, 2.75) is 20.3 Å². The van der Waals surface area contributed by atoms with Crippen LogP contribution in [0.25, 0.3) is 0 Å². The fraction of sp³-hybridized carbons (Fsp3) is 0.357. The summed E-state index contributed by atoms with van der Waals surface area (Å²) in [5.74, 6) is 5.75. The van der Waals surface area contributed by atoms with Gasteiger partial charge in [-0.25, -0.2) is 0 Å². The average molecular weight is 230 g/mol.